The van der Waals surface area contributed by atoms with Gasteiger partial charge in [0.1, 0.15) is 0 Å². The number of hydrogen-bond acceptors (Lipinski definition) is 1. The average molecular weight is 185 g/mol. The summed E-state index contributed by atoms with van der Waals surface area (Å²) in [6.45, 7) is 2.07. The second kappa shape index (κ2) is 5.22. The van der Waals surface area contributed by atoms with Gasteiger partial charge in [0.15, 0.2) is 0 Å². The van der Waals surface area contributed by atoms with Crippen molar-refractivity contribution in [2.75, 3.05) is 11.8 Å². The third-order valence-electron chi connectivity index (χ3n) is 1.49. The fourth-order valence-corrected chi connectivity index (χ4v) is 1.23. The molecule has 0 rings (SSSR count). The van der Waals surface area contributed by atoms with Gasteiger partial charge in [-0.15, -0.1) is 23.2 Å². The molecular weight excluding hydrogens is 171 g/mol. The number of rotatable bonds is 5. The molecule has 1 nitrogen and oxygen atoms in total. The lowest BCUT2D eigenvalue weighted by molar-refractivity contribution is 0.0758. The molecule has 0 amide bonds. The molecule has 3 heteroatoms. The Labute approximate surface area is 72.3 Å². The molecule has 0 aromatic rings. The predicted octanol–water partition coefficient (Wildman–Crippen LogP) is 2.39. The smallest absolute Gasteiger partial charge is 0.0917 e. The number of halogens is 2. The van der Waals surface area contributed by atoms with Gasteiger partial charge in [0.05, 0.1) is 17.4 Å². The maximum absolute atomic E-state index is 9.50. The van der Waals surface area contributed by atoms with E-state index in [1.54, 1.807) is 0 Å². The molecule has 0 unspecified atom stereocenters. The first-order valence-corrected chi connectivity index (χ1v) is 4.59. The van der Waals surface area contributed by atoms with Gasteiger partial charge in [0, 0.05) is 0 Å². The van der Waals surface area contributed by atoms with Crippen LogP contribution in [0.15, 0.2) is 0 Å². The molecule has 10 heavy (non-hydrogen) atoms. The highest BCUT2D eigenvalue weighted by atomic mass is 35.5. The first-order chi connectivity index (χ1) is 4.68. The van der Waals surface area contributed by atoms with E-state index < -0.39 is 5.60 Å². The Hall–Kier alpha value is 0.540. The van der Waals surface area contributed by atoms with E-state index in [1.165, 1.54) is 0 Å². The first kappa shape index (κ1) is 10.5. The van der Waals surface area contributed by atoms with E-state index in [9.17, 15) is 5.11 Å². The Morgan fingerprint density at radius 2 is 1.80 bits per heavy atom. The summed E-state index contributed by atoms with van der Waals surface area (Å²) in [5.74, 6) is 0.465. The molecule has 0 radical (unpaired) electrons. The van der Waals surface area contributed by atoms with Crippen molar-refractivity contribution in [3.05, 3.63) is 0 Å². The summed E-state index contributed by atoms with van der Waals surface area (Å²) < 4.78 is 0. The van der Waals surface area contributed by atoms with Crippen LogP contribution in [0.3, 0.4) is 0 Å². The molecule has 0 aromatic carbocycles. The van der Waals surface area contributed by atoms with Crippen molar-refractivity contribution in [1.29, 1.82) is 0 Å². The van der Waals surface area contributed by atoms with E-state index in [1.807, 2.05) is 0 Å². The van der Waals surface area contributed by atoms with Crippen LogP contribution in [-0.2, 0) is 0 Å². The van der Waals surface area contributed by atoms with Crippen molar-refractivity contribution in [3.8, 4) is 0 Å². The van der Waals surface area contributed by atoms with Crippen molar-refractivity contribution >= 4 is 23.2 Å². The molecule has 0 saturated carbocycles. The fourth-order valence-electron chi connectivity index (χ4n) is 0.675. The summed E-state index contributed by atoms with van der Waals surface area (Å²) in [7, 11) is 0. The largest absolute Gasteiger partial charge is 0.387 e. The SMILES string of the molecule is CCCCC(O)(CCl)CCl. The lowest BCUT2D eigenvalue weighted by Gasteiger charge is -2.21. The minimum Gasteiger partial charge on any atom is -0.387 e. The van der Waals surface area contributed by atoms with Gasteiger partial charge in [-0.3, -0.25) is 0 Å². The molecule has 0 atom stereocenters. The lowest BCUT2D eigenvalue weighted by Crippen LogP contribution is -2.32. The topological polar surface area (TPSA) is 20.2 Å². The quantitative estimate of drug-likeness (QED) is 0.652. The van der Waals surface area contributed by atoms with Crippen LogP contribution in [0.5, 0.6) is 0 Å². The Kier molecular flexibility index (Phi) is 5.51. The van der Waals surface area contributed by atoms with E-state index >= 15 is 0 Å². The summed E-state index contributed by atoms with van der Waals surface area (Å²) in [6.07, 6.45) is 2.75. The number of alkyl halides is 2. The van der Waals surface area contributed by atoms with E-state index in [4.69, 9.17) is 23.2 Å². The molecule has 62 valence electrons. The summed E-state index contributed by atoms with van der Waals surface area (Å²) in [5.41, 5.74) is -0.834. The summed E-state index contributed by atoms with van der Waals surface area (Å²) in [4.78, 5) is 0. The third kappa shape index (κ3) is 3.65. The van der Waals surface area contributed by atoms with Gasteiger partial charge in [-0.1, -0.05) is 19.8 Å². The molecule has 0 saturated heterocycles. The molecule has 0 aliphatic rings. The molecule has 0 spiro atoms. The third-order valence-corrected chi connectivity index (χ3v) is 2.49. The van der Waals surface area contributed by atoms with Crippen molar-refractivity contribution in [3.63, 3.8) is 0 Å². The van der Waals surface area contributed by atoms with Crippen molar-refractivity contribution in [1.82, 2.24) is 0 Å². The molecule has 1 N–H and O–H groups in total. The van der Waals surface area contributed by atoms with E-state index in [-0.39, 0.29) is 11.8 Å². The van der Waals surface area contributed by atoms with Crippen molar-refractivity contribution in [2.24, 2.45) is 0 Å². The highest BCUT2D eigenvalue weighted by Gasteiger charge is 2.23. The van der Waals surface area contributed by atoms with E-state index in [2.05, 4.69) is 6.92 Å². The molecule has 0 aliphatic heterocycles. The van der Waals surface area contributed by atoms with Crippen LogP contribution in [-0.4, -0.2) is 22.5 Å². The van der Waals surface area contributed by atoms with Gasteiger partial charge in [-0.05, 0) is 6.42 Å². The van der Waals surface area contributed by atoms with Crippen LogP contribution in [0.1, 0.15) is 26.2 Å². The zero-order chi connectivity index (χ0) is 8.04. The van der Waals surface area contributed by atoms with Crippen molar-refractivity contribution in [2.45, 2.75) is 31.8 Å². The van der Waals surface area contributed by atoms with E-state index in [0.29, 0.717) is 6.42 Å². The number of aliphatic hydroxyl groups is 1. The second-order valence-corrected chi connectivity index (χ2v) is 3.13. The minimum atomic E-state index is -0.834. The highest BCUT2D eigenvalue weighted by molar-refractivity contribution is 6.21. The maximum Gasteiger partial charge on any atom is 0.0917 e. The highest BCUT2D eigenvalue weighted by Crippen LogP contribution is 2.17. The Morgan fingerprint density at radius 3 is 2.10 bits per heavy atom. The van der Waals surface area contributed by atoms with Gasteiger partial charge in [-0.2, -0.15) is 0 Å². The van der Waals surface area contributed by atoms with Gasteiger partial charge in [0.25, 0.3) is 0 Å². The summed E-state index contributed by atoms with van der Waals surface area (Å²) >= 11 is 11.0. The van der Waals surface area contributed by atoms with Crippen LogP contribution >= 0.6 is 23.2 Å². The van der Waals surface area contributed by atoms with Gasteiger partial charge >= 0.3 is 0 Å². The van der Waals surface area contributed by atoms with Crippen LogP contribution in [0, 0.1) is 0 Å². The molecule has 0 aromatic heterocycles. The Morgan fingerprint density at radius 1 is 1.30 bits per heavy atom. The number of hydrogen-bond donors (Lipinski definition) is 1. The summed E-state index contributed by atoms with van der Waals surface area (Å²) in [5, 5.41) is 9.50. The predicted molar refractivity (Wildman–Crippen MR) is 45.9 cm³/mol. The molecule has 0 aliphatic carbocycles. The monoisotopic (exact) mass is 184 g/mol. The standard InChI is InChI=1S/C7H14Cl2O/c1-2-3-4-7(10,5-8)6-9/h10H,2-6H2,1H3. The molecule has 0 fully saturated rings. The summed E-state index contributed by atoms with van der Waals surface area (Å²) in [6, 6.07) is 0. The second-order valence-electron chi connectivity index (χ2n) is 2.60. The van der Waals surface area contributed by atoms with Crippen LogP contribution in [0.25, 0.3) is 0 Å². The zero-order valence-electron chi connectivity index (χ0n) is 6.24. The van der Waals surface area contributed by atoms with Gasteiger partial charge < -0.3 is 5.11 Å². The van der Waals surface area contributed by atoms with Gasteiger partial charge in [-0.25, -0.2) is 0 Å². The number of unbranched alkanes of at least 4 members (excludes halogenated alkanes) is 1. The van der Waals surface area contributed by atoms with Crippen LogP contribution < -0.4 is 0 Å². The molecular formula is C7H14Cl2O. The molecule has 0 heterocycles. The van der Waals surface area contributed by atoms with Gasteiger partial charge in [0.2, 0.25) is 0 Å². The van der Waals surface area contributed by atoms with E-state index in [0.717, 1.165) is 12.8 Å². The zero-order valence-corrected chi connectivity index (χ0v) is 7.75. The first-order valence-electron chi connectivity index (χ1n) is 3.53. The maximum atomic E-state index is 9.50. The van der Waals surface area contributed by atoms with Crippen molar-refractivity contribution < 1.29 is 5.11 Å². The van der Waals surface area contributed by atoms with Crippen LogP contribution in [0.4, 0.5) is 0 Å². The Bertz CT molecular complexity index is 81.7. The fraction of sp³-hybridized carbons (Fsp3) is 1.00. The molecule has 0 bridgehead atoms. The normalized spacial score (nSPS) is 12.0. The lowest BCUT2D eigenvalue weighted by atomic mass is 10.0. The minimum absolute atomic E-state index is 0.233. The Balaban J connectivity index is 3.58. The average Bonchev–Trinajstić information content (AvgIpc) is 2.00. The van der Waals surface area contributed by atoms with Crippen LogP contribution in [0.2, 0.25) is 0 Å².